The maximum Gasteiger partial charge on any atom is 0.273 e. The Morgan fingerprint density at radius 3 is 2.35 bits per heavy atom. The number of fused-ring (bicyclic) bond motifs is 3. The van der Waals surface area contributed by atoms with Crippen molar-refractivity contribution in [2.75, 3.05) is 0 Å². The van der Waals surface area contributed by atoms with Gasteiger partial charge in [0.05, 0.1) is 21.6 Å². The molecule has 0 unspecified atom stereocenters. The lowest BCUT2D eigenvalue weighted by molar-refractivity contribution is 0.0545. The molecule has 1 heterocycles. The molecule has 0 saturated heterocycles. The average molecular weight is 358 g/mol. The van der Waals surface area contributed by atoms with Gasteiger partial charge >= 0.3 is 0 Å². The van der Waals surface area contributed by atoms with Gasteiger partial charge in [-0.1, -0.05) is 13.8 Å². The highest BCUT2D eigenvalue weighted by molar-refractivity contribution is 7.88. The first-order valence-electron chi connectivity index (χ1n) is 8.76. The monoisotopic (exact) mass is 357 g/mol. The first-order chi connectivity index (χ1) is 10.9. The van der Waals surface area contributed by atoms with Crippen LogP contribution in [0, 0.1) is 5.92 Å². The maximum absolute atomic E-state index is 13.2. The molecule has 3 saturated carbocycles. The highest BCUT2D eigenvalue weighted by atomic mass is 32.2. The number of rotatable bonds is 7. The Labute approximate surface area is 143 Å². The van der Waals surface area contributed by atoms with Crippen molar-refractivity contribution in [3.63, 3.8) is 0 Å². The van der Waals surface area contributed by atoms with E-state index in [2.05, 4.69) is 4.98 Å². The predicted molar refractivity (Wildman–Crippen MR) is 93.1 cm³/mol. The van der Waals surface area contributed by atoms with Crippen LogP contribution in [0.2, 0.25) is 0 Å². The van der Waals surface area contributed by atoms with Gasteiger partial charge in [0.1, 0.15) is 0 Å². The summed E-state index contributed by atoms with van der Waals surface area (Å²) in [6.45, 7) is 4.03. The van der Waals surface area contributed by atoms with E-state index < -0.39 is 20.5 Å². The lowest BCUT2D eigenvalue weighted by Gasteiger charge is -2.46. The Balaban J connectivity index is 1.83. The second-order valence-electron chi connectivity index (χ2n) is 7.25. The van der Waals surface area contributed by atoms with Gasteiger partial charge in [-0.25, -0.2) is 4.98 Å². The number of thiazole rings is 1. The molecule has 0 amide bonds. The summed E-state index contributed by atoms with van der Waals surface area (Å²) in [5.41, 5.74) is 2.07. The van der Waals surface area contributed by atoms with Gasteiger partial charge in [0.15, 0.2) is 0 Å². The van der Waals surface area contributed by atoms with Crippen molar-refractivity contribution in [2.45, 2.75) is 82.0 Å². The van der Waals surface area contributed by atoms with E-state index in [0.29, 0.717) is 19.3 Å². The highest BCUT2D eigenvalue weighted by Crippen LogP contribution is 2.50. The zero-order chi connectivity index (χ0) is 16.6. The summed E-state index contributed by atoms with van der Waals surface area (Å²) in [5, 5.41) is 1.99. The Bertz CT molecular complexity index is 598. The van der Waals surface area contributed by atoms with Crippen LogP contribution >= 0.6 is 11.3 Å². The van der Waals surface area contributed by atoms with Crippen molar-refractivity contribution in [3.8, 4) is 0 Å². The van der Waals surface area contributed by atoms with Gasteiger partial charge < -0.3 is 0 Å². The third kappa shape index (κ3) is 3.22. The fourth-order valence-electron chi connectivity index (χ4n) is 4.21. The summed E-state index contributed by atoms with van der Waals surface area (Å²) in [7, 11) is -3.57. The van der Waals surface area contributed by atoms with Gasteiger partial charge in [0.2, 0.25) is 0 Å². The van der Waals surface area contributed by atoms with Crippen molar-refractivity contribution in [2.24, 2.45) is 5.92 Å². The number of hydrogen-bond acceptors (Lipinski definition) is 5. The molecule has 3 aliphatic carbocycles. The third-order valence-electron chi connectivity index (χ3n) is 6.12. The molecular weight excluding hydrogens is 330 g/mol. The SMILES string of the molecule is CCC(CC)(Cc1cscn1)OS(=O)(=O)C12CCC(CC1)CC2. The van der Waals surface area contributed by atoms with Crippen molar-refractivity contribution in [1.29, 1.82) is 0 Å². The molecule has 4 rings (SSSR count). The second-order valence-corrected chi connectivity index (χ2v) is 9.91. The number of nitrogens with zero attached hydrogens (tertiary/aromatic N) is 1. The summed E-state index contributed by atoms with van der Waals surface area (Å²) in [4.78, 5) is 4.33. The Morgan fingerprint density at radius 2 is 1.87 bits per heavy atom. The largest absolute Gasteiger partial charge is 0.273 e. The molecule has 3 fully saturated rings. The van der Waals surface area contributed by atoms with E-state index in [9.17, 15) is 8.42 Å². The van der Waals surface area contributed by atoms with E-state index in [1.54, 1.807) is 16.8 Å². The van der Waals surface area contributed by atoms with Crippen LogP contribution in [0.3, 0.4) is 0 Å². The van der Waals surface area contributed by atoms with Gasteiger partial charge in [-0.15, -0.1) is 11.3 Å². The molecule has 6 heteroatoms. The van der Waals surface area contributed by atoms with Crippen molar-refractivity contribution < 1.29 is 12.6 Å². The molecule has 1 aromatic heterocycles. The van der Waals surface area contributed by atoms with Gasteiger partial charge in [0, 0.05) is 11.8 Å². The molecule has 23 heavy (non-hydrogen) atoms. The van der Waals surface area contributed by atoms with Crippen LogP contribution in [0.5, 0.6) is 0 Å². The van der Waals surface area contributed by atoms with E-state index in [4.69, 9.17) is 4.18 Å². The summed E-state index contributed by atoms with van der Waals surface area (Å²) >= 11 is 1.54. The van der Waals surface area contributed by atoms with Crippen LogP contribution in [0.1, 0.15) is 70.9 Å². The normalized spacial score (nSPS) is 28.2. The molecule has 0 radical (unpaired) electrons. The van der Waals surface area contributed by atoms with Gasteiger partial charge in [-0.3, -0.25) is 4.18 Å². The van der Waals surface area contributed by atoms with E-state index in [1.807, 2.05) is 19.2 Å². The van der Waals surface area contributed by atoms with Crippen LogP contribution < -0.4 is 0 Å². The Morgan fingerprint density at radius 1 is 1.26 bits per heavy atom. The highest BCUT2D eigenvalue weighted by Gasteiger charge is 2.52. The molecular formula is C17H27NO3S2. The number of aromatic nitrogens is 1. The van der Waals surface area contributed by atoms with Crippen LogP contribution in [0.15, 0.2) is 10.9 Å². The molecule has 0 N–H and O–H groups in total. The van der Waals surface area contributed by atoms with Crippen molar-refractivity contribution >= 4 is 21.5 Å². The smallest absolute Gasteiger partial charge is 0.263 e. The minimum Gasteiger partial charge on any atom is -0.263 e. The first-order valence-corrected chi connectivity index (χ1v) is 11.1. The second kappa shape index (κ2) is 6.45. The first kappa shape index (κ1) is 17.4. The molecule has 0 aromatic carbocycles. The molecule has 130 valence electrons. The van der Waals surface area contributed by atoms with Crippen LogP contribution in [0.25, 0.3) is 0 Å². The molecule has 3 aliphatic rings. The van der Waals surface area contributed by atoms with E-state index in [0.717, 1.165) is 50.1 Å². The molecule has 4 nitrogen and oxygen atoms in total. The van der Waals surface area contributed by atoms with E-state index in [-0.39, 0.29) is 0 Å². The van der Waals surface area contributed by atoms with E-state index >= 15 is 0 Å². The number of hydrogen-bond donors (Lipinski definition) is 0. The lowest BCUT2D eigenvalue weighted by Crippen LogP contribution is -2.50. The van der Waals surface area contributed by atoms with Crippen molar-refractivity contribution in [3.05, 3.63) is 16.6 Å². The minimum absolute atomic E-state index is 0.571. The zero-order valence-corrected chi connectivity index (χ0v) is 15.7. The third-order valence-corrected chi connectivity index (χ3v) is 9.00. The van der Waals surface area contributed by atoms with Crippen LogP contribution in [-0.2, 0) is 20.7 Å². The molecule has 0 spiro atoms. The maximum atomic E-state index is 13.2. The van der Waals surface area contributed by atoms with Crippen LogP contribution in [-0.4, -0.2) is 23.7 Å². The Kier molecular flexibility index (Phi) is 4.87. The standard InChI is InChI=1S/C17H27NO3S2/c1-3-16(4-2,11-15-12-22-13-18-15)21-23(19,20)17-8-5-14(6-9-17)7-10-17/h12-14H,3-11H2,1-2H3. The molecule has 0 atom stereocenters. The summed E-state index contributed by atoms with van der Waals surface area (Å²) < 4.78 is 31.7. The predicted octanol–water partition coefficient (Wildman–Crippen LogP) is 4.31. The van der Waals surface area contributed by atoms with E-state index in [1.165, 1.54) is 0 Å². The quantitative estimate of drug-likeness (QED) is 0.682. The summed E-state index contributed by atoms with van der Waals surface area (Å²) in [6.07, 6.45) is 7.39. The topological polar surface area (TPSA) is 56.3 Å². The molecule has 0 aliphatic heterocycles. The zero-order valence-electron chi connectivity index (χ0n) is 14.1. The van der Waals surface area contributed by atoms with Gasteiger partial charge in [-0.2, -0.15) is 8.42 Å². The van der Waals surface area contributed by atoms with Crippen LogP contribution in [0.4, 0.5) is 0 Å². The van der Waals surface area contributed by atoms with Gasteiger partial charge in [-0.05, 0) is 57.3 Å². The average Bonchev–Trinajstić information content (AvgIpc) is 3.08. The lowest BCUT2D eigenvalue weighted by atomic mass is 9.70. The summed E-state index contributed by atoms with van der Waals surface area (Å²) in [5.74, 6) is 0.740. The van der Waals surface area contributed by atoms with Crippen molar-refractivity contribution in [1.82, 2.24) is 4.98 Å². The fraction of sp³-hybridized carbons (Fsp3) is 0.824. The minimum atomic E-state index is -3.57. The fourth-order valence-corrected chi connectivity index (χ4v) is 6.81. The molecule has 1 aromatic rings. The Hall–Kier alpha value is -0.460. The summed E-state index contributed by atoms with van der Waals surface area (Å²) in [6, 6.07) is 0. The van der Waals surface area contributed by atoms with Gasteiger partial charge in [0.25, 0.3) is 10.1 Å². The molecule has 2 bridgehead atoms.